The normalized spacial score (nSPS) is 20.2. The molecule has 2 N–H and O–H groups in total. The van der Waals surface area contributed by atoms with Crippen LogP contribution in [0.4, 0.5) is 4.79 Å². The predicted molar refractivity (Wildman–Crippen MR) is 99.1 cm³/mol. The summed E-state index contributed by atoms with van der Waals surface area (Å²) in [5.41, 5.74) is -0.105. The average molecular weight is 398 g/mol. The van der Waals surface area contributed by atoms with Gasteiger partial charge in [-0.3, -0.25) is 14.5 Å². The summed E-state index contributed by atoms with van der Waals surface area (Å²) in [7, 11) is 0. The molecule has 1 aromatic carbocycles. The maximum Gasteiger partial charge on any atom is 0.325 e. The molecule has 1 aromatic rings. The molecule has 0 radical (unpaired) electrons. The van der Waals surface area contributed by atoms with E-state index in [-0.39, 0.29) is 18.5 Å². The van der Waals surface area contributed by atoms with E-state index < -0.39 is 17.5 Å². The number of carbonyl (C=O) groups excluding carboxylic acids is 3. The summed E-state index contributed by atoms with van der Waals surface area (Å²) in [6.45, 7) is 1.48. The van der Waals surface area contributed by atoms with Crippen molar-refractivity contribution in [2.75, 3.05) is 6.54 Å². The summed E-state index contributed by atoms with van der Waals surface area (Å²) < 4.78 is 0. The van der Waals surface area contributed by atoms with Crippen LogP contribution < -0.4 is 10.6 Å². The van der Waals surface area contributed by atoms with Gasteiger partial charge in [0.25, 0.3) is 5.91 Å². The number of imide groups is 1. The quantitative estimate of drug-likeness (QED) is 0.763. The summed E-state index contributed by atoms with van der Waals surface area (Å²) in [5.74, 6) is -0.714. The molecule has 1 heterocycles. The highest BCUT2D eigenvalue weighted by Gasteiger charge is 2.51. The molecule has 1 spiro atoms. The van der Waals surface area contributed by atoms with Crippen LogP contribution in [0.3, 0.4) is 0 Å². The molecule has 1 saturated carbocycles. The van der Waals surface area contributed by atoms with E-state index in [4.69, 9.17) is 23.2 Å². The lowest BCUT2D eigenvalue weighted by Gasteiger charge is -2.30. The SMILES string of the molecule is C[C@@H](NC(=O)CN1C(=O)NC2(CCCCC2)C1=O)c1ccc(Cl)cc1Cl. The van der Waals surface area contributed by atoms with E-state index >= 15 is 0 Å². The van der Waals surface area contributed by atoms with E-state index in [0.717, 1.165) is 24.2 Å². The first-order chi connectivity index (χ1) is 12.3. The standard InChI is InChI=1S/C18H21Cl2N3O3/c1-11(13-6-5-12(19)9-14(13)20)21-15(24)10-23-16(25)18(22-17(23)26)7-3-2-4-8-18/h5-6,9,11H,2-4,7-8,10H2,1H3,(H,21,24)(H,22,26)/t11-/m1/s1. The predicted octanol–water partition coefficient (Wildman–Crippen LogP) is 3.43. The smallest absolute Gasteiger partial charge is 0.325 e. The molecule has 140 valence electrons. The lowest BCUT2D eigenvalue weighted by atomic mass is 9.82. The van der Waals surface area contributed by atoms with Gasteiger partial charge in [-0.1, -0.05) is 48.5 Å². The Kier molecular flexibility index (Phi) is 5.44. The Bertz CT molecular complexity index is 747. The highest BCUT2D eigenvalue weighted by Crippen LogP contribution is 2.33. The first kappa shape index (κ1) is 19.0. The van der Waals surface area contributed by atoms with E-state index in [1.54, 1.807) is 25.1 Å². The van der Waals surface area contributed by atoms with Crippen molar-refractivity contribution in [3.63, 3.8) is 0 Å². The number of halogens is 2. The van der Waals surface area contributed by atoms with Gasteiger partial charge in [-0.05, 0) is 37.5 Å². The monoisotopic (exact) mass is 397 g/mol. The molecular weight excluding hydrogens is 377 g/mol. The molecular formula is C18H21Cl2N3O3. The van der Waals surface area contributed by atoms with Gasteiger partial charge >= 0.3 is 6.03 Å². The van der Waals surface area contributed by atoms with Gasteiger partial charge in [0, 0.05) is 10.0 Å². The van der Waals surface area contributed by atoms with Crippen LogP contribution in [-0.2, 0) is 9.59 Å². The summed E-state index contributed by atoms with van der Waals surface area (Å²) in [4.78, 5) is 38.3. The third-order valence-electron chi connectivity index (χ3n) is 5.06. The van der Waals surface area contributed by atoms with Gasteiger partial charge in [-0.25, -0.2) is 4.79 Å². The lowest BCUT2D eigenvalue weighted by Crippen LogP contribution is -2.49. The summed E-state index contributed by atoms with van der Waals surface area (Å²) in [6.07, 6.45) is 4.13. The number of nitrogens with one attached hydrogen (secondary N) is 2. The molecule has 0 aromatic heterocycles. The van der Waals surface area contributed by atoms with Crippen molar-refractivity contribution in [2.45, 2.75) is 50.6 Å². The van der Waals surface area contributed by atoms with Crippen molar-refractivity contribution in [3.05, 3.63) is 33.8 Å². The number of nitrogens with zero attached hydrogens (tertiary/aromatic N) is 1. The molecule has 1 atom stereocenters. The molecule has 0 bridgehead atoms. The minimum absolute atomic E-state index is 0.297. The lowest BCUT2D eigenvalue weighted by molar-refractivity contribution is -0.136. The summed E-state index contributed by atoms with van der Waals surface area (Å²) in [6, 6.07) is 4.16. The molecule has 26 heavy (non-hydrogen) atoms. The Balaban J connectivity index is 1.64. The number of carbonyl (C=O) groups is 3. The van der Waals surface area contributed by atoms with E-state index in [0.29, 0.717) is 28.5 Å². The molecule has 0 unspecified atom stereocenters. The second-order valence-electron chi connectivity index (χ2n) is 6.92. The zero-order valence-electron chi connectivity index (χ0n) is 14.5. The van der Waals surface area contributed by atoms with Crippen LogP contribution in [0.2, 0.25) is 10.0 Å². The van der Waals surface area contributed by atoms with E-state index in [9.17, 15) is 14.4 Å². The molecule has 3 rings (SSSR count). The van der Waals surface area contributed by atoms with Crippen molar-refractivity contribution in [3.8, 4) is 0 Å². The highest BCUT2D eigenvalue weighted by molar-refractivity contribution is 6.35. The van der Waals surface area contributed by atoms with Gasteiger partial charge < -0.3 is 10.6 Å². The molecule has 1 saturated heterocycles. The van der Waals surface area contributed by atoms with Crippen molar-refractivity contribution >= 4 is 41.0 Å². The van der Waals surface area contributed by atoms with Gasteiger partial charge in [-0.15, -0.1) is 0 Å². The maximum absolute atomic E-state index is 12.7. The molecule has 2 aliphatic rings. The Labute approximate surface area is 162 Å². The minimum Gasteiger partial charge on any atom is -0.348 e. The molecule has 1 aliphatic carbocycles. The van der Waals surface area contributed by atoms with Crippen LogP contribution >= 0.6 is 23.2 Å². The largest absolute Gasteiger partial charge is 0.348 e. The molecule has 4 amide bonds. The van der Waals surface area contributed by atoms with Crippen LogP contribution in [0.25, 0.3) is 0 Å². The minimum atomic E-state index is -0.819. The summed E-state index contributed by atoms with van der Waals surface area (Å²) in [5, 5.41) is 6.53. The molecule has 2 fully saturated rings. The van der Waals surface area contributed by atoms with Crippen molar-refractivity contribution < 1.29 is 14.4 Å². The fourth-order valence-corrected chi connectivity index (χ4v) is 4.25. The van der Waals surface area contributed by atoms with Gasteiger partial charge in [0.2, 0.25) is 5.91 Å². The molecule has 6 nitrogen and oxygen atoms in total. The third-order valence-corrected chi connectivity index (χ3v) is 5.62. The van der Waals surface area contributed by atoms with E-state index in [1.807, 2.05) is 0 Å². The van der Waals surface area contributed by atoms with Crippen molar-refractivity contribution in [1.29, 1.82) is 0 Å². The second kappa shape index (κ2) is 7.45. The Morgan fingerprint density at radius 1 is 1.27 bits per heavy atom. The highest BCUT2D eigenvalue weighted by atomic mass is 35.5. The number of urea groups is 1. The van der Waals surface area contributed by atoms with E-state index in [1.165, 1.54) is 0 Å². The third kappa shape index (κ3) is 3.67. The number of amides is 4. The molecule has 1 aliphatic heterocycles. The fourth-order valence-electron chi connectivity index (χ4n) is 3.68. The number of benzene rings is 1. The van der Waals surface area contributed by atoms with Crippen molar-refractivity contribution in [1.82, 2.24) is 15.5 Å². The zero-order chi connectivity index (χ0) is 18.9. The van der Waals surface area contributed by atoms with Gasteiger partial charge in [0.1, 0.15) is 12.1 Å². The molecule has 8 heteroatoms. The zero-order valence-corrected chi connectivity index (χ0v) is 16.0. The summed E-state index contributed by atoms with van der Waals surface area (Å²) >= 11 is 12.0. The number of rotatable bonds is 4. The van der Waals surface area contributed by atoms with Gasteiger partial charge in [0.05, 0.1) is 6.04 Å². The van der Waals surface area contributed by atoms with Gasteiger partial charge in [0.15, 0.2) is 0 Å². The van der Waals surface area contributed by atoms with Gasteiger partial charge in [-0.2, -0.15) is 0 Å². The van der Waals surface area contributed by atoms with E-state index in [2.05, 4.69) is 10.6 Å². The first-order valence-electron chi connectivity index (χ1n) is 8.71. The number of hydrogen-bond acceptors (Lipinski definition) is 3. The van der Waals surface area contributed by atoms with Crippen LogP contribution in [-0.4, -0.2) is 34.8 Å². The Hall–Kier alpha value is -1.79. The number of hydrogen-bond donors (Lipinski definition) is 2. The second-order valence-corrected chi connectivity index (χ2v) is 7.76. The maximum atomic E-state index is 12.7. The average Bonchev–Trinajstić information content (AvgIpc) is 2.79. The van der Waals surface area contributed by atoms with Crippen LogP contribution in [0.15, 0.2) is 18.2 Å². The first-order valence-corrected chi connectivity index (χ1v) is 9.46. The topological polar surface area (TPSA) is 78.5 Å². The fraction of sp³-hybridized carbons (Fsp3) is 0.500. The Morgan fingerprint density at radius 2 is 1.96 bits per heavy atom. The van der Waals surface area contributed by atoms with Crippen molar-refractivity contribution in [2.24, 2.45) is 0 Å². The Morgan fingerprint density at radius 3 is 2.62 bits per heavy atom. The van der Waals surface area contributed by atoms with Crippen LogP contribution in [0.5, 0.6) is 0 Å². The van der Waals surface area contributed by atoms with Crippen LogP contribution in [0, 0.1) is 0 Å². The van der Waals surface area contributed by atoms with Crippen LogP contribution in [0.1, 0.15) is 50.6 Å².